The molecule has 0 aromatic rings. The van der Waals surface area contributed by atoms with Crippen molar-refractivity contribution < 1.29 is 28.6 Å². The molecule has 54 heavy (non-hydrogen) atoms. The number of carbonyl (C=O) groups is 3. The Bertz CT molecular complexity index is 964. The second kappa shape index (κ2) is 43.1. The minimum atomic E-state index is -0.779. The molecule has 0 rings (SSSR count). The van der Waals surface area contributed by atoms with Crippen molar-refractivity contribution in [2.24, 2.45) is 0 Å². The highest BCUT2D eigenvalue weighted by molar-refractivity contribution is 5.71. The maximum absolute atomic E-state index is 12.7. The van der Waals surface area contributed by atoms with Gasteiger partial charge in [0.05, 0.1) is 0 Å². The van der Waals surface area contributed by atoms with E-state index in [1.165, 1.54) is 70.6 Å². The fourth-order valence-corrected chi connectivity index (χ4v) is 6.14. The van der Waals surface area contributed by atoms with Gasteiger partial charge in [0.2, 0.25) is 0 Å². The van der Waals surface area contributed by atoms with E-state index in [9.17, 15) is 14.4 Å². The first-order valence-electron chi connectivity index (χ1n) is 22.6. The van der Waals surface area contributed by atoms with E-state index >= 15 is 0 Å². The Morgan fingerprint density at radius 2 is 0.741 bits per heavy atom. The summed E-state index contributed by atoms with van der Waals surface area (Å²) in [6.45, 7) is 6.44. The highest BCUT2D eigenvalue weighted by Gasteiger charge is 2.19. The lowest BCUT2D eigenvalue weighted by Crippen LogP contribution is -2.30. The zero-order valence-corrected chi connectivity index (χ0v) is 35.5. The molecule has 0 aliphatic rings. The first-order valence-corrected chi connectivity index (χ1v) is 22.6. The first kappa shape index (κ1) is 51.4. The molecule has 0 unspecified atom stereocenters. The van der Waals surface area contributed by atoms with E-state index in [2.05, 4.69) is 69.4 Å². The topological polar surface area (TPSA) is 78.9 Å². The van der Waals surface area contributed by atoms with Crippen LogP contribution in [0.5, 0.6) is 0 Å². The lowest BCUT2D eigenvalue weighted by atomic mass is 10.1. The Kier molecular flexibility index (Phi) is 41.0. The molecule has 0 saturated heterocycles. The average molecular weight is 757 g/mol. The number of esters is 3. The summed E-state index contributed by atoms with van der Waals surface area (Å²) in [6, 6.07) is 0. The third-order valence-corrected chi connectivity index (χ3v) is 9.57. The van der Waals surface area contributed by atoms with Crippen LogP contribution in [0.25, 0.3) is 0 Å². The summed E-state index contributed by atoms with van der Waals surface area (Å²) in [5, 5.41) is 0. The van der Waals surface area contributed by atoms with Gasteiger partial charge >= 0.3 is 17.9 Å². The quantitative estimate of drug-likeness (QED) is 0.0268. The molecule has 6 nitrogen and oxygen atoms in total. The van der Waals surface area contributed by atoms with Gasteiger partial charge in [-0.25, -0.2) is 0 Å². The molecule has 1 atom stereocenters. The molecule has 0 aromatic heterocycles. The molecule has 0 fully saturated rings. The van der Waals surface area contributed by atoms with Crippen LogP contribution in [0.4, 0.5) is 0 Å². The predicted molar refractivity (Wildman–Crippen MR) is 229 cm³/mol. The van der Waals surface area contributed by atoms with Crippen molar-refractivity contribution in [3.63, 3.8) is 0 Å². The molecule has 0 heterocycles. The number of ether oxygens (including phenoxy) is 3. The lowest BCUT2D eigenvalue weighted by Gasteiger charge is -2.18. The van der Waals surface area contributed by atoms with Gasteiger partial charge in [0, 0.05) is 19.3 Å². The van der Waals surface area contributed by atoms with Crippen molar-refractivity contribution in [3.05, 3.63) is 48.6 Å². The third-order valence-electron chi connectivity index (χ3n) is 9.57. The van der Waals surface area contributed by atoms with Gasteiger partial charge in [0.15, 0.2) is 6.10 Å². The van der Waals surface area contributed by atoms with Crippen LogP contribution < -0.4 is 0 Å². The smallest absolute Gasteiger partial charge is 0.306 e. The molecule has 0 aliphatic heterocycles. The second-order valence-electron chi connectivity index (χ2n) is 14.9. The van der Waals surface area contributed by atoms with Crippen LogP contribution in [-0.2, 0) is 28.6 Å². The van der Waals surface area contributed by atoms with Gasteiger partial charge in [-0.2, -0.15) is 0 Å². The molecule has 6 heteroatoms. The summed E-state index contributed by atoms with van der Waals surface area (Å²) in [7, 11) is 0. The maximum Gasteiger partial charge on any atom is 0.306 e. The van der Waals surface area contributed by atoms with E-state index in [0.717, 1.165) is 109 Å². The summed E-state index contributed by atoms with van der Waals surface area (Å²) in [5.74, 6) is -0.911. The standard InChI is InChI=1S/C48H84O6/c1-4-7-10-13-16-19-22-23-24-25-27-29-32-35-38-41-47(50)53-44-45(43-52-46(49)40-37-34-31-28-21-18-15-12-9-6-3)54-48(51)42-39-36-33-30-26-20-17-14-11-8-5-2/h7,10,14,16-17,19,23-24,45H,4-6,8-9,11-13,15,18,20-22,25-44H2,1-3H3/b10-7-,17-14-,19-16-,24-23-/t45-/m1/s1. The Labute approximate surface area is 333 Å². The number of rotatable bonds is 40. The highest BCUT2D eigenvalue weighted by atomic mass is 16.6. The lowest BCUT2D eigenvalue weighted by molar-refractivity contribution is -0.167. The Morgan fingerprint density at radius 1 is 0.389 bits per heavy atom. The molecule has 0 N–H and O–H groups in total. The van der Waals surface area contributed by atoms with E-state index in [0.29, 0.717) is 19.3 Å². The molecular weight excluding hydrogens is 673 g/mol. The molecule has 0 amide bonds. The van der Waals surface area contributed by atoms with Gasteiger partial charge < -0.3 is 14.2 Å². The summed E-state index contributed by atoms with van der Waals surface area (Å²) in [4.78, 5) is 37.7. The summed E-state index contributed by atoms with van der Waals surface area (Å²) < 4.78 is 16.7. The van der Waals surface area contributed by atoms with Crippen LogP contribution in [0, 0.1) is 0 Å². The Morgan fingerprint density at radius 3 is 1.20 bits per heavy atom. The molecule has 312 valence electrons. The summed E-state index contributed by atoms with van der Waals surface area (Å²) in [5.41, 5.74) is 0. The van der Waals surface area contributed by atoms with Gasteiger partial charge in [-0.3, -0.25) is 14.4 Å². The zero-order chi connectivity index (χ0) is 39.4. The second-order valence-corrected chi connectivity index (χ2v) is 14.9. The van der Waals surface area contributed by atoms with E-state index in [4.69, 9.17) is 14.2 Å². The van der Waals surface area contributed by atoms with Crippen LogP contribution >= 0.6 is 0 Å². The summed E-state index contributed by atoms with van der Waals surface area (Å²) in [6.07, 6.45) is 49.5. The molecule has 0 saturated carbocycles. The van der Waals surface area contributed by atoms with Crippen LogP contribution in [-0.4, -0.2) is 37.2 Å². The molecule has 0 spiro atoms. The number of allylic oxidation sites excluding steroid dienone is 8. The van der Waals surface area contributed by atoms with Crippen molar-refractivity contribution >= 4 is 17.9 Å². The fourth-order valence-electron chi connectivity index (χ4n) is 6.14. The molecule has 0 aromatic carbocycles. The minimum Gasteiger partial charge on any atom is -0.462 e. The predicted octanol–water partition coefficient (Wildman–Crippen LogP) is 14.4. The number of hydrogen-bond acceptors (Lipinski definition) is 6. The monoisotopic (exact) mass is 757 g/mol. The SMILES string of the molecule is CC/C=C\C/C=C\C/C=C\CCCCCCCC(=O)OC[C@@H](COC(=O)CCCCCCCCCCCC)OC(=O)CCCCCCC/C=C\CCCC. The zero-order valence-electron chi connectivity index (χ0n) is 35.5. The number of unbranched alkanes of at least 4 members (excludes halogenated alkanes) is 21. The van der Waals surface area contributed by atoms with Gasteiger partial charge in [-0.1, -0.05) is 179 Å². The van der Waals surface area contributed by atoms with Crippen LogP contribution in [0.2, 0.25) is 0 Å². The van der Waals surface area contributed by atoms with Crippen molar-refractivity contribution in [1.82, 2.24) is 0 Å². The van der Waals surface area contributed by atoms with Gasteiger partial charge in [-0.15, -0.1) is 0 Å². The fraction of sp³-hybridized carbons (Fsp3) is 0.771. The van der Waals surface area contributed by atoms with Gasteiger partial charge in [0.1, 0.15) is 13.2 Å². The molecule has 0 aliphatic carbocycles. The van der Waals surface area contributed by atoms with Crippen molar-refractivity contribution in [3.8, 4) is 0 Å². The van der Waals surface area contributed by atoms with Crippen LogP contribution in [0.3, 0.4) is 0 Å². The molecule has 0 radical (unpaired) electrons. The average Bonchev–Trinajstić information content (AvgIpc) is 3.17. The number of hydrogen-bond donors (Lipinski definition) is 0. The minimum absolute atomic E-state index is 0.0809. The van der Waals surface area contributed by atoms with Crippen LogP contribution in [0.1, 0.15) is 220 Å². The van der Waals surface area contributed by atoms with E-state index in [1.807, 2.05) is 0 Å². The van der Waals surface area contributed by atoms with Gasteiger partial charge in [-0.05, 0) is 70.6 Å². The number of carbonyl (C=O) groups excluding carboxylic acids is 3. The van der Waals surface area contributed by atoms with E-state index in [1.54, 1.807) is 0 Å². The van der Waals surface area contributed by atoms with Crippen molar-refractivity contribution in [2.75, 3.05) is 13.2 Å². The van der Waals surface area contributed by atoms with Crippen molar-refractivity contribution in [2.45, 2.75) is 226 Å². The molecular formula is C48H84O6. The molecule has 0 bridgehead atoms. The van der Waals surface area contributed by atoms with Crippen LogP contribution in [0.15, 0.2) is 48.6 Å². The Balaban J connectivity index is 4.39. The third kappa shape index (κ3) is 40.6. The highest BCUT2D eigenvalue weighted by Crippen LogP contribution is 2.14. The Hall–Kier alpha value is -2.63. The maximum atomic E-state index is 12.7. The summed E-state index contributed by atoms with van der Waals surface area (Å²) >= 11 is 0. The van der Waals surface area contributed by atoms with E-state index in [-0.39, 0.29) is 31.1 Å². The van der Waals surface area contributed by atoms with Gasteiger partial charge in [0.25, 0.3) is 0 Å². The van der Waals surface area contributed by atoms with E-state index < -0.39 is 6.10 Å². The normalized spacial score (nSPS) is 12.4. The largest absolute Gasteiger partial charge is 0.462 e. The van der Waals surface area contributed by atoms with Crippen molar-refractivity contribution in [1.29, 1.82) is 0 Å². The first-order chi connectivity index (χ1) is 26.5.